The summed E-state index contributed by atoms with van der Waals surface area (Å²) in [5.41, 5.74) is -0.464. The third-order valence-electron chi connectivity index (χ3n) is 6.41. The molecule has 0 aliphatic rings. The van der Waals surface area contributed by atoms with Crippen LogP contribution in [0.4, 0.5) is 11.4 Å². The Morgan fingerprint density at radius 2 is 0.957 bits per heavy atom. The number of amides is 2. The molecule has 5 rings (SSSR count). The summed E-state index contributed by atoms with van der Waals surface area (Å²) in [6.07, 6.45) is -1.29. The summed E-state index contributed by atoms with van der Waals surface area (Å²) in [6, 6.07) is 13.3. The molecule has 2 aromatic heterocycles. The third-order valence-corrected chi connectivity index (χ3v) is 6.41. The molecule has 0 aliphatic carbocycles. The standard InChI is InChI=1S/C28H20N10O8/c39-19(11-21(41)25-31-35-36-32-25)15-3-1-5-17(23(15)43)29-27(45)13-7-9-14(10-8-13)28(46)30-18-6-2-4-16(24(18)44)20(40)12-22(42)26-33-37-38-34-26/h1-10,43-44H,11-12H2,(H,29,45)(H,30,46)(H,31,32,35,36)(H,33,34,37,38). The minimum absolute atomic E-state index is 0.0849. The van der Waals surface area contributed by atoms with E-state index in [0.29, 0.717) is 0 Å². The van der Waals surface area contributed by atoms with Gasteiger partial charge in [0.05, 0.1) is 35.3 Å². The van der Waals surface area contributed by atoms with Crippen LogP contribution in [0.15, 0.2) is 60.7 Å². The topological polar surface area (TPSA) is 276 Å². The average molecular weight is 625 g/mol. The van der Waals surface area contributed by atoms with E-state index in [2.05, 4.69) is 51.9 Å². The fourth-order valence-corrected chi connectivity index (χ4v) is 4.10. The van der Waals surface area contributed by atoms with Gasteiger partial charge in [0.1, 0.15) is 11.5 Å². The Labute approximate surface area is 256 Å². The number of hydrogen-bond donors (Lipinski definition) is 6. The Morgan fingerprint density at radius 3 is 1.30 bits per heavy atom. The molecule has 5 aromatic rings. The number of nitrogens with zero attached hydrogens (tertiary/aromatic N) is 6. The highest BCUT2D eigenvalue weighted by atomic mass is 16.3. The average Bonchev–Trinajstić information content (AvgIpc) is 3.79. The lowest BCUT2D eigenvalue weighted by atomic mass is 10.0. The number of aromatic hydroxyl groups is 2. The van der Waals surface area contributed by atoms with Crippen molar-refractivity contribution in [1.82, 2.24) is 41.2 Å². The number of ketones is 4. The number of benzene rings is 3. The number of tetrazole rings is 2. The van der Waals surface area contributed by atoms with Crippen LogP contribution in [0.25, 0.3) is 0 Å². The molecule has 0 fully saturated rings. The van der Waals surface area contributed by atoms with Crippen LogP contribution in [0.3, 0.4) is 0 Å². The molecule has 2 heterocycles. The molecule has 18 heteroatoms. The van der Waals surface area contributed by atoms with E-state index in [-0.39, 0.29) is 45.3 Å². The summed E-state index contributed by atoms with van der Waals surface area (Å²) in [6.45, 7) is 0. The van der Waals surface area contributed by atoms with Crippen molar-refractivity contribution >= 4 is 46.3 Å². The molecule has 0 atom stereocenters. The van der Waals surface area contributed by atoms with Crippen LogP contribution in [0.2, 0.25) is 0 Å². The Kier molecular flexibility index (Phi) is 8.69. The number of para-hydroxylation sites is 2. The van der Waals surface area contributed by atoms with Gasteiger partial charge in [0.25, 0.3) is 11.8 Å². The molecule has 0 saturated carbocycles. The van der Waals surface area contributed by atoms with Gasteiger partial charge in [-0.25, -0.2) is 0 Å². The summed E-state index contributed by atoms with van der Waals surface area (Å²) in [5.74, 6) is -5.99. The number of rotatable bonds is 12. The van der Waals surface area contributed by atoms with Crippen molar-refractivity contribution in [2.75, 3.05) is 10.6 Å². The lowest BCUT2D eigenvalue weighted by molar-refractivity contribution is 0.0871. The summed E-state index contributed by atoms with van der Waals surface area (Å²) >= 11 is 0. The van der Waals surface area contributed by atoms with E-state index >= 15 is 0 Å². The van der Waals surface area contributed by atoms with Gasteiger partial charge in [-0.05, 0) is 59.0 Å². The molecule has 18 nitrogen and oxygen atoms in total. The van der Waals surface area contributed by atoms with Gasteiger partial charge in [-0.1, -0.05) is 12.1 Å². The van der Waals surface area contributed by atoms with Gasteiger partial charge in [0.2, 0.25) is 23.2 Å². The zero-order chi connectivity index (χ0) is 32.8. The van der Waals surface area contributed by atoms with Crippen molar-refractivity contribution in [3.05, 3.63) is 94.6 Å². The highest BCUT2D eigenvalue weighted by Crippen LogP contribution is 2.30. The number of carbonyl (C=O) groups is 6. The first-order valence-electron chi connectivity index (χ1n) is 13.1. The number of H-pyrrole nitrogens is 2. The maximum atomic E-state index is 12.9. The molecule has 230 valence electrons. The lowest BCUT2D eigenvalue weighted by Crippen LogP contribution is -2.16. The van der Waals surface area contributed by atoms with E-state index in [1.807, 2.05) is 0 Å². The first-order valence-corrected chi connectivity index (χ1v) is 13.1. The smallest absolute Gasteiger partial charge is 0.255 e. The van der Waals surface area contributed by atoms with Gasteiger partial charge in [-0.15, -0.1) is 20.4 Å². The normalized spacial score (nSPS) is 10.6. The van der Waals surface area contributed by atoms with E-state index < -0.39 is 59.3 Å². The van der Waals surface area contributed by atoms with Gasteiger partial charge in [-0.3, -0.25) is 28.8 Å². The molecule has 0 radical (unpaired) electrons. The van der Waals surface area contributed by atoms with E-state index in [0.717, 1.165) is 0 Å². The van der Waals surface area contributed by atoms with Crippen molar-refractivity contribution < 1.29 is 39.0 Å². The highest BCUT2D eigenvalue weighted by molar-refractivity contribution is 6.15. The molecule has 0 bridgehead atoms. The van der Waals surface area contributed by atoms with Crippen molar-refractivity contribution in [3.63, 3.8) is 0 Å². The number of hydrogen-bond acceptors (Lipinski definition) is 14. The van der Waals surface area contributed by atoms with E-state index in [4.69, 9.17) is 0 Å². The van der Waals surface area contributed by atoms with Crippen LogP contribution < -0.4 is 10.6 Å². The number of anilines is 2. The van der Waals surface area contributed by atoms with Gasteiger partial charge < -0.3 is 20.8 Å². The molecule has 3 aromatic carbocycles. The molecule has 0 saturated heterocycles. The van der Waals surface area contributed by atoms with Gasteiger partial charge in [0.15, 0.2) is 11.6 Å². The first-order chi connectivity index (χ1) is 22.1. The summed E-state index contributed by atoms with van der Waals surface area (Å²) in [4.78, 5) is 75.2. The Hall–Kier alpha value is -6.98. The summed E-state index contributed by atoms with van der Waals surface area (Å²) < 4.78 is 0. The number of phenolic OH excluding ortho intramolecular Hbond substituents is 2. The van der Waals surface area contributed by atoms with Crippen LogP contribution in [-0.4, -0.2) is 86.4 Å². The Bertz CT molecular complexity index is 1830. The van der Waals surface area contributed by atoms with Gasteiger partial charge in [-0.2, -0.15) is 10.4 Å². The Morgan fingerprint density at radius 1 is 0.565 bits per heavy atom. The third kappa shape index (κ3) is 6.64. The second kappa shape index (κ2) is 13.1. The molecule has 0 spiro atoms. The van der Waals surface area contributed by atoms with Crippen molar-refractivity contribution in [2.24, 2.45) is 0 Å². The minimum atomic E-state index is -0.739. The lowest BCUT2D eigenvalue weighted by Gasteiger charge is -2.12. The van der Waals surface area contributed by atoms with Crippen LogP contribution in [0.5, 0.6) is 11.5 Å². The largest absolute Gasteiger partial charge is 0.505 e. The van der Waals surface area contributed by atoms with E-state index in [1.54, 1.807) is 0 Å². The van der Waals surface area contributed by atoms with Crippen LogP contribution in [0.1, 0.15) is 75.5 Å². The van der Waals surface area contributed by atoms with Crippen molar-refractivity contribution in [3.8, 4) is 11.5 Å². The zero-order valence-corrected chi connectivity index (χ0v) is 23.2. The molecule has 2 amide bonds. The Balaban J connectivity index is 1.22. The van der Waals surface area contributed by atoms with Crippen molar-refractivity contribution in [1.29, 1.82) is 0 Å². The molecule has 46 heavy (non-hydrogen) atoms. The second-order valence-electron chi connectivity index (χ2n) is 9.41. The molecular weight excluding hydrogens is 604 g/mol. The van der Waals surface area contributed by atoms with Crippen molar-refractivity contribution in [2.45, 2.75) is 12.8 Å². The fraction of sp³-hybridized carbons (Fsp3) is 0.0714. The number of aromatic nitrogens is 8. The minimum Gasteiger partial charge on any atom is -0.505 e. The van der Waals surface area contributed by atoms with Gasteiger partial charge in [0, 0.05) is 11.1 Å². The number of carbonyl (C=O) groups excluding carboxylic acids is 6. The maximum Gasteiger partial charge on any atom is 0.255 e. The molecule has 6 N–H and O–H groups in total. The van der Waals surface area contributed by atoms with E-state index in [1.165, 1.54) is 60.7 Å². The predicted octanol–water partition coefficient (Wildman–Crippen LogP) is 1.54. The maximum absolute atomic E-state index is 12.9. The predicted molar refractivity (Wildman–Crippen MR) is 153 cm³/mol. The number of nitrogens with one attached hydrogen (secondary N) is 4. The van der Waals surface area contributed by atoms with Crippen LogP contribution in [-0.2, 0) is 0 Å². The monoisotopic (exact) mass is 624 g/mol. The van der Waals surface area contributed by atoms with Crippen LogP contribution in [0, 0.1) is 0 Å². The molecule has 0 aliphatic heterocycles. The number of aromatic amines is 2. The van der Waals surface area contributed by atoms with E-state index in [9.17, 15) is 39.0 Å². The quantitative estimate of drug-likeness (QED) is 0.0652. The zero-order valence-electron chi connectivity index (χ0n) is 23.2. The summed E-state index contributed by atoms with van der Waals surface area (Å²) in [7, 11) is 0. The van der Waals surface area contributed by atoms with Crippen LogP contribution >= 0.6 is 0 Å². The fourth-order valence-electron chi connectivity index (χ4n) is 4.10. The van der Waals surface area contributed by atoms with Gasteiger partial charge >= 0.3 is 0 Å². The number of phenols is 2. The molecule has 0 unspecified atom stereocenters. The SMILES string of the molecule is O=C(Nc1cccc(C(=O)CC(=O)c2nn[nH]n2)c1O)c1ccc(C(=O)Nc2cccc(C(=O)CC(=O)c3nn[nH]n3)c2O)cc1. The molecular formula is C28H20N10O8. The highest BCUT2D eigenvalue weighted by Gasteiger charge is 2.23. The second-order valence-corrected chi connectivity index (χ2v) is 9.41. The first kappa shape index (κ1) is 30.5. The summed E-state index contributed by atoms with van der Waals surface area (Å²) in [5, 5.41) is 50.9. The number of Topliss-reactive ketones (excluding diaryl/α,β-unsaturated/α-hetero) is 4.